The summed E-state index contributed by atoms with van der Waals surface area (Å²) in [6.45, 7) is 3.10. The van der Waals surface area contributed by atoms with Crippen LogP contribution in [0.4, 0.5) is 0 Å². The summed E-state index contributed by atoms with van der Waals surface area (Å²) in [5, 5.41) is 0. The summed E-state index contributed by atoms with van der Waals surface area (Å²) in [5.74, 6) is -0.824. The van der Waals surface area contributed by atoms with Crippen LogP contribution < -0.4 is 0 Å². The van der Waals surface area contributed by atoms with Crippen molar-refractivity contribution in [1.82, 2.24) is 0 Å². The average Bonchev–Trinajstić information content (AvgIpc) is 1.82. The molecule has 0 amide bonds. The van der Waals surface area contributed by atoms with Crippen LogP contribution in [0, 0.1) is 0 Å². The fourth-order valence-corrected chi connectivity index (χ4v) is 0.727. The minimum atomic E-state index is -3.67. The molecule has 0 aliphatic rings. The van der Waals surface area contributed by atoms with Crippen LogP contribution in [0.15, 0.2) is 11.6 Å². The Kier molecular flexibility index (Phi) is 3.25. The summed E-state index contributed by atoms with van der Waals surface area (Å²) in [7, 11) is -3.67. The zero-order chi connectivity index (χ0) is 9.07. The molecule has 0 bridgehead atoms. The fraction of sp³-hybridized carbons (Fsp3) is 0.500. The third-order valence-electron chi connectivity index (χ3n) is 0.982. The van der Waals surface area contributed by atoms with Crippen LogP contribution in [0.1, 0.15) is 13.8 Å². The summed E-state index contributed by atoms with van der Waals surface area (Å²) in [6.07, 6.45) is 2.31. The molecule has 5 heteroatoms. The van der Waals surface area contributed by atoms with Gasteiger partial charge in [0.05, 0.1) is 6.26 Å². The molecule has 0 atom stereocenters. The normalized spacial score (nSPS) is 12.8. The molecule has 0 aromatic heterocycles. The van der Waals surface area contributed by atoms with E-state index in [0.29, 0.717) is 0 Å². The van der Waals surface area contributed by atoms with Crippen LogP contribution in [-0.2, 0) is 19.1 Å². The van der Waals surface area contributed by atoms with Crippen molar-refractivity contribution in [2.75, 3.05) is 6.26 Å². The molecule has 0 aromatic carbocycles. The minimum absolute atomic E-state index is 0.274. The lowest BCUT2D eigenvalue weighted by Gasteiger charge is -1.99. The smallest absolute Gasteiger partial charge is 0.342 e. The Hall–Kier alpha value is -0.840. The molecule has 0 radical (unpaired) electrons. The van der Waals surface area contributed by atoms with Gasteiger partial charge in [-0.05, 0) is 13.8 Å². The Morgan fingerprint density at radius 3 is 2.18 bits per heavy atom. The van der Waals surface area contributed by atoms with Crippen molar-refractivity contribution >= 4 is 16.1 Å². The molecule has 0 aliphatic heterocycles. The molecule has 0 unspecified atom stereocenters. The Morgan fingerprint density at radius 1 is 1.45 bits per heavy atom. The zero-order valence-electron chi connectivity index (χ0n) is 6.62. The van der Waals surface area contributed by atoms with Crippen molar-refractivity contribution in [1.29, 1.82) is 0 Å². The van der Waals surface area contributed by atoms with Crippen molar-refractivity contribution in [3.05, 3.63) is 11.6 Å². The van der Waals surface area contributed by atoms with Gasteiger partial charge in [-0.1, -0.05) is 6.08 Å². The summed E-state index contributed by atoms with van der Waals surface area (Å²) < 4.78 is 24.8. The van der Waals surface area contributed by atoms with Crippen LogP contribution in [0.2, 0.25) is 0 Å². The minimum Gasteiger partial charge on any atom is -0.342 e. The van der Waals surface area contributed by atoms with Gasteiger partial charge in [0, 0.05) is 5.57 Å². The monoisotopic (exact) mass is 178 g/mol. The van der Waals surface area contributed by atoms with Crippen LogP contribution >= 0.6 is 0 Å². The Morgan fingerprint density at radius 2 is 1.91 bits per heavy atom. The van der Waals surface area contributed by atoms with E-state index in [0.717, 1.165) is 6.26 Å². The number of allylic oxidation sites excluding steroid dienone is 1. The fourth-order valence-electron chi connectivity index (χ4n) is 0.321. The molecule has 0 saturated carbocycles. The molecule has 0 aliphatic carbocycles. The van der Waals surface area contributed by atoms with Crippen molar-refractivity contribution in [3.8, 4) is 0 Å². The lowest BCUT2D eigenvalue weighted by atomic mass is 10.3. The summed E-state index contributed by atoms with van der Waals surface area (Å²) in [5.41, 5.74) is 0.274. The second kappa shape index (κ2) is 3.52. The molecule has 0 rings (SSSR count). The lowest BCUT2D eigenvalue weighted by molar-refractivity contribution is -0.129. The first-order valence-corrected chi connectivity index (χ1v) is 4.75. The van der Waals surface area contributed by atoms with E-state index in [4.69, 9.17) is 0 Å². The highest BCUT2D eigenvalue weighted by Gasteiger charge is 2.11. The molecule has 4 nitrogen and oxygen atoms in total. The maximum atomic E-state index is 10.7. The third kappa shape index (κ3) is 4.55. The van der Waals surface area contributed by atoms with E-state index >= 15 is 0 Å². The van der Waals surface area contributed by atoms with Gasteiger partial charge in [0.1, 0.15) is 0 Å². The zero-order valence-corrected chi connectivity index (χ0v) is 7.44. The summed E-state index contributed by atoms with van der Waals surface area (Å²) in [6, 6.07) is 0. The van der Waals surface area contributed by atoms with Gasteiger partial charge < -0.3 is 4.18 Å². The maximum Gasteiger partial charge on any atom is 0.349 e. The van der Waals surface area contributed by atoms with Crippen LogP contribution in [0.3, 0.4) is 0 Å². The van der Waals surface area contributed by atoms with Gasteiger partial charge in [0.25, 0.3) is 0 Å². The molecule has 11 heavy (non-hydrogen) atoms. The van der Waals surface area contributed by atoms with E-state index < -0.39 is 16.1 Å². The molecular weight excluding hydrogens is 168 g/mol. The molecule has 0 saturated heterocycles. The number of rotatable bonds is 2. The summed E-state index contributed by atoms with van der Waals surface area (Å²) in [4.78, 5) is 10.7. The van der Waals surface area contributed by atoms with Gasteiger partial charge in [-0.3, -0.25) is 0 Å². The lowest BCUT2D eigenvalue weighted by Crippen LogP contribution is -2.11. The highest BCUT2D eigenvalue weighted by molar-refractivity contribution is 7.86. The number of hydrogen-bond acceptors (Lipinski definition) is 4. The first kappa shape index (κ1) is 10.2. The second-order valence-electron chi connectivity index (χ2n) is 2.05. The number of carbonyl (C=O) groups is 1. The van der Waals surface area contributed by atoms with Crippen LogP contribution in [0.25, 0.3) is 0 Å². The predicted octanol–water partition coefficient (Wildman–Crippen LogP) is 0.455. The highest BCUT2D eigenvalue weighted by Crippen LogP contribution is 1.98. The molecule has 0 spiro atoms. The van der Waals surface area contributed by atoms with Gasteiger partial charge in [-0.15, -0.1) is 0 Å². The topological polar surface area (TPSA) is 60.4 Å². The van der Waals surface area contributed by atoms with Gasteiger partial charge in [0.2, 0.25) is 0 Å². The molecule has 0 heterocycles. The van der Waals surface area contributed by atoms with E-state index in [1.165, 1.54) is 13.0 Å². The van der Waals surface area contributed by atoms with Gasteiger partial charge in [0.15, 0.2) is 0 Å². The van der Waals surface area contributed by atoms with Gasteiger partial charge >= 0.3 is 16.1 Å². The number of hydrogen-bond donors (Lipinski definition) is 0. The van der Waals surface area contributed by atoms with Gasteiger partial charge in [-0.2, -0.15) is 8.42 Å². The van der Waals surface area contributed by atoms with Gasteiger partial charge in [-0.25, -0.2) is 4.79 Å². The average molecular weight is 178 g/mol. The van der Waals surface area contributed by atoms with Crippen molar-refractivity contribution < 1.29 is 17.4 Å². The Balaban J connectivity index is 4.34. The maximum absolute atomic E-state index is 10.7. The van der Waals surface area contributed by atoms with E-state index in [-0.39, 0.29) is 5.57 Å². The Labute approximate surface area is 66.0 Å². The molecular formula is C6H10O4S. The van der Waals surface area contributed by atoms with E-state index in [9.17, 15) is 13.2 Å². The molecule has 64 valence electrons. The quantitative estimate of drug-likeness (QED) is 0.455. The second-order valence-corrected chi connectivity index (χ2v) is 3.62. The third-order valence-corrected chi connectivity index (χ3v) is 1.44. The predicted molar refractivity (Wildman–Crippen MR) is 40.4 cm³/mol. The van der Waals surface area contributed by atoms with E-state index in [2.05, 4.69) is 4.18 Å². The van der Waals surface area contributed by atoms with Crippen LogP contribution in [0.5, 0.6) is 0 Å². The molecule has 0 N–H and O–H groups in total. The van der Waals surface area contributed by atoms with E-state index in [1.54, 1.807) is 6.92 Å². The first-order chi connectivity index (χ1) is 4.87. The molecule has 0 aromatic rings. The van der Waals surface area contributed by atoms with Crippen molar-refractivity contribution in [2.45, 2.75) is 13.8 Å². The van der Waals surface area contributed by atoms with Crippen molar-refractivity contribution in [3.63, 3.8) is 0 Å². The first-order valence-electron chi connectivity index (χ1n) is 2.93. The highest BCUT2D eigenvalue weighted by atomic mass is 32.2. The SMILES string of the molecule is CC=C(C)C(=O)OS(C)(=O)=O. The van der Waals surface area contributed by atoms with E-state index in [1.807, 2.05) is 0 Å². The van der Waals surface area contributed by atoms with Crippen molar-refractivity contribution in [2.24, 2.45) is 0 Å². The summed E-state index contributed by atoms with van der Waals surface area (Å²) >= 11 is 0. The largest absolute Gasteiger partial charge is 0.349 e. The molecule has 0 fully saturated rings. The standard InChI is InChI=1S/C6H10O4S/c1-4-5(2)6(7)10-11(3,8)9/h4H,1-3H3. The Bertz CT molecular complexity index is 273. The number of carbonyl (C=O) groups excluding carboxylic acids is 1. The van der Waals surface area contributed by atoms with Crippen LogP contribution in [-0.4, -0.2) is 20.6 Å².